The Morgan fingerprint density at radius 3 is 2.44 bits per heavy atom. The number of fused-ring (bicyclic) bond motifs is 1. The summed E-state index contributed by atoms with van der Waals surface area (Å²) in [5.41, 5.74) is 0.545. The summed E-state index contributed by atoms with van der Waals surface area (Å²) in [6.07, 6.45) is 0. The first-order valence-electron chi connectivity index (χ1n) is 7.44. The van der Waals surface area contributed by atoms with Gasteiger partial charge in [-0.3, -0.25) is 0 Å². The Balaban J connectivity index is 1.98. The number of hydrogen-bond donors (Lipinski definition) is 0. The van der Waals surface area contributed by atoms with Gasteiger partial charge in [0.2, 0.25) is 5.76 Å². The predicted molar refractivity (Wildman–Crippen MR) is 101 cm³/mol. The molecular formula is C18H14Br2O5. The van der Waals surface area contributed by atoms with Gasteiger partial charge >= 0.3 is 5.97 Å². The fourth-order valence-electron chi connectivity index (χ4n) is 2.25. The van der Waals surface area contributed by atoms with Gasteiger partial charge < -0.3 is 18.6 Å². The summed E-state index contributed by atoms with van der Waals surface area (Å²) in [4.78, 5) is 11.9. The molecule has 2 aromatic carbocycles. The third-order valence-corrected chi connectivity index (χ3v) is 4.80. The van der Waals surface area contributed by atoms with Crippen molar-refractivity contribution in [1.29, 1.82) is 0 Å². The molecule has 3 aromatic rings. The number of rotatable bonds is 5. The zero-order valence-corrected chi connectivity index (χ0v) is 16.6. The van der Waals surface area contributed by atoms with Crippen LogP contribution in [0.25, 0.3) is 11.0 Å². The van der Waals surface area contributed by atoms with E-state index in [9.17, 15) is 4.79 Å². The van der Waals surface area contributed by atoms with Crippen LogP contribution in [0.5, 0.6) is 17.2 Å². The van der Waals surface area contributed by atoms with E-state index in [1.807, 2.05) is 12.1 Å². The van der Waals surface area contributed by atoms with E-state index in [1.165, 1.54) is 0 Å². The molecule has 5 nitrogen and oxygen atoms in total. The molecule has 0 aliphatic heterocycles. The van der Waals surface area contributed by atoms with Crippen LogP contribution in [0.4, 0.5) is 0 Å². The second-order valence-electron chi connectivity index (χ2n) is 5.02. The Morgan fingerprint density at radius 2 is 1.80 bits per heavy atom. The van der Waals surface area contributed by atoms with E-state index >= 15 is 0 Å². The van der Waals surface area contributed by atoms with Gasteiger partial charge in [-0.25, -0.2) is 4.79 Å². The topological polar surface area (TPSA) is 57.9 Å². The Morgan fingerprint density at radius 1 is 1.12 bits per heavy atom. The van der Waals surface area contributed by atoms with Gasteiger partial charge in [0, 0.05) is 11.5 Å². The lowest BCUT2D eigenvalue weighted by Gasteiger charge is -2.11. The van der Waals surface area contributed by atoms with E-state index in [0.717, 1.165) is 11.1 Å². The molecule has 1 heterocycles. The van der Waals surface area contributed by atoms with Gasteiger partial charge in [-0.05, 0) is 69.1 Å². The van der Waals surface area contributed by atoms with E-state index in [0.29, 0.717) is 26.0 Å². The Kier molecular flexibility index (Phi) is 5.34. The number of ether oxygens (including phenoxy) is 3. The number of methoxy groups -OCH3 is 1. The van der Waals surface area contributed by atoms with E-state index in [-0.39, 0.29) is 12.4 Å². The van der Waals surface area contributed by atoms with E-state index in [1.54, 1.807) is 38.3 Å². The van der Waals surface area contributed by atoms with Crippen molar-refractivity contribution < 1.29 is 23.4 Å². The fourth-order valence-corrected chi connectivity index (χ4v) is 3.61. The molecule has 0 spiro atoms. The minimum Gasteiger partial charge on any atom is -0.497 e. The molecule has 0 amide bonds. The van der Waals surface area contributed by atoms with Crippen molar-refractivity contribution in [2.45, 2.75) is 6.92 Å². The highest BCUT2D eigenvalue weighted by Gasteiger charge is 2.19. The lowest BCUT2D eigenvalue weighted by atomic mass is 10.2. The molecule has 1 aromatic heterocycles. The summed E-state index contributed by atoms with van der Waals surface area (Å²) in [7, 11) is 1.61. The van der Waals surface area contributed by atoms with Crippen LogP contribution in [0.2, 0.25) is 0 Å². The highest BCUT2D eigenvalue weighted by molar-refractivity contribution is 9.11. The van der Waals surface area contributed by atoms with Gasteiger partial charge in [0.15, 0.2) is 5.75 Å². The van der Waals surface area contributed by atoms with Crippen LogP contribution >= 0.6 is 31.9 Å². The number of esters is 1. The van der Waals surface area contributed by atoms with Crippen molar-refractivity contribution in [3.8, 4) is 17.2 Å². The van der Waals surface area contributed by atoms with Crippen LogP contribution < -0.4 is 9.47 Å². The van der Waals surface area contributed by atoms with Crippen molar-refractivity contribution in [3.63, 3.8) is 0 Å². The largest absolute Gasteiger partial charge is 0.497 e. The minimum atomic E-state index is -0.501. The van der Waals surface area contributed by atoms with Crippen LogP contribution in [-0.2, 0) is 4.74 Å². The first-order chi connectivity index (χ1) is 12.0. The molecule has 0 saturated heterocycles. The molecule has 0 fully saturated rings. The average molecular weight is 470 g/mol. The van der Waals surface area contributed by atoms with E-state index < -0.39 is 5.97 Å². The summed E-state index contributed by atoms with van der Waals surface area (Å²) in [5, 5.41) is 0.717. The zero-order valence-electron chi connectivity index (χ0n) is 13.5. The Bertz CT molecular complexity index is 915. The fraction of sp³-hybridized carbons (Fsp3) is 0.167. The molecule has 0 radical (unpaired) electrons. The maximum atomic E-state index is 11.9. The van der Waals surface area contributed by atoms with E-state index in [2.05, 4.69) is 31.9 Å². The molecule has 0 saturated carbocycles. The molecule has 7 heteroatoms. The number of halogens is 2. The van der Waals surface area contributed by atoms with Crippen molar-refractivity contribution in [2.75, 3.05) is 13.7 Å². The van der Waals surface area contributed by atoms with Crippen LogP contribution in [0.3, 0.4) is 0 Å². The van der Waals surface area contributed by atoms with E-state index in [4.69, 9.17) is 18.6 Å². The highest BCUT2D eigenvalue weighted by Crippen LogP contribution is 2.43. The second-order valence-corrected chi connectivity index (χ2v) is 6.67. The Hall–Kier alpha value is -1.99. The van der Waals surface area contributed by atoms with Crippen LogP contribution in [-0.4, -0.2) is 19.7 Å². The van der Waals surface area contributed by atoms with Crippen LogP contribution in [0.1, 0.15) is 17.5 Å². The molecule has 0 atom stereocenters. The summed E-state index contributed by atoms with van der Waals surface area (Å²) in [6.45, 7) is 2.03. The number of furan rings is 1. The average Bonchev–Trinajstić information content (AvgIpc) is 3.03. The standard InChI is InChI=1S/C18H14Br2O5/c1-3-23-18(21)15-8-12-14(25-15)9-13(19)17(16(12)20)24-11-6-4-10(22-2)5-7-11/h4-9H,3H2,1-2H3. The lowest BCUT2D eigenvalue weighted by molar-refractivity contribution is 0.0492. The minimum absolute atomic E-state index is 0.144. The number of carbonyl (C=O) groups is 1. The first kappa shape index (κ1) is 17.8. The molecule has 0 aliphatic carbocycles. The normalized spacial score (nSPS) is 10.7. The molecule has 130 valence electrons. The number of benzene rings is 2. The maximum Gasteiger partial charge on any atom is 0.374 e. The van der Waals surface area contributed by atoms with Gasteiger partial charge in [-0.2, -0.15) is 0 Å². The highest BCUT2D eigenvalue weighted by atomic mass is 79.9. The SMILES string of the molecule is CCOC(=O)c1cc2c(Br)c(Oc3ccc(OC)cc3)c(Br)cc2o1. The van der Waals surface area contributed by atoms with Crippen molar-refractivity contribution >= 4 is 48.8 Å². The molecule has 0 unspecified atom stereocenters. The molecule has 0 N–H and O–H groups in total. The summed E-state index contributed by atoms with van der Waals surface area (Å²) < 4.78 is 23.0. The second kappa shape index (κ2) is 7.49. The number of carbonyl (C=O) groups excluding carboxylic acids is 1. The Labute approximate surface area is 161 Å². The van der Waals surface area contributed by atoms with Gasteiger partial charge in [0.25, 0.3) is 0 Å². The predicted octanol–water partition coefficient (Wildman–Crippen LogP) is 5.94. The van der Waals surface area contributed by atoms with Gasteiger partial charge in [0.05, 0.1) is 22.7 Å². The van der Waals surface area contributed by atoms with Gasteiger partial charge in [-0.1, -0.05) is 0 Å². The molecule has 0 bridgehead atoms. The monoisotopic (exact) mass is 468 g/mol. The van der Waals surface area contributed by atoms with Crippen molar-refractivity contribution in [2.24, 2.45) is 0 Å². The number of hydrogen-bond acceptors (Lipinski definition) is 5. The molecule has 3 rings (SSSR count). The molecule has 0 aliphatic rings. The molecular weight excluding hydrogens is 456 g/mol. The smallest absolute Gasteiger partial charge is 0.374 e. The quantitative estimate of drug-likeness (QED) is 0.433. The third kappa shape index (κ3) is 3.67. The van der Waals surface area contributed by atoms with Gasteiger partial charge in [-0.15, -0.1) is 0 Å². The van der Waals surface area contributed by atoms with Crippen molar-refractivity contribution in [1.82, 2.24) is 0 Å². The first-order valence-corrected chi connectivity index (χ1v) is 9.02. The zero-order chi connectivity index (χ0) is 18.0. The summed E-state index contributed by atoms with van der Waals surface area (Å²) >= 11 is 7.00. The third-order valence-electron chi connectivity index (χ3n) is 3.43. The van der Waals surface area contributed by atoms with Crippen molar-refractivity contribution in [3.05, 3.63) is 51.1 Å². The summed E-state index contributed by atoms with van der Waals surface area (Å²) in [6, 6.07) is 10.6. The summed E-state index contributed by atoms with van der Waals surface area (Å²) in [5.74, 6) is 1.62. The van der Waals surface area contributed by atoms with Crippen LogP contribution in [0, 0.1) is 0 Å². The van der Waals surface area contributed by atoms with Gasteiger partial charge in [0.1, 0.15) is 17.1 Å². The maximum absolute atomic E-state index is 11.9. The lowest BCUT2D eigenvalue weighted by Crippen LogP contribution is -2.02. The van der Waals surface area contributed by atoms with Crippen LogP contribution in [0.15, 0.2) is 49.8 Å². The molecule has 25 heavy (non-hydrogen) atoms.